The number of halogens is 5. The molecular formula is C14H19F5. The Morgan fingerprint density at radius 3 is 2.05 bits per heavy atom. The van der Waals surface area contributed by atoms with Crippen molar-refractivity contribution < 1.29 is 22.0 Å². The van der Waals surface area contributed by atoms with E-state index >= 15 is 0 Å². The second-order valence-electron chi connectivity index (χ2n) is 4.95. The maximum Gasteiger partial charge on any atom is 0.196 e. The lowest BCUT2D eigenvalue weighted by Gasteiger charge is -2.34. The molecule has 0 fully saturated rings. The van der Waals surface area contributed by atoms with Crippen molar-refractivity contribution in [1.82, 2.24) is 0 Å². The van der Waals surface area contributed by atoms with Gasteiger partial charge in [-0.3, -0.25) is 0 Å². The first-order chi connectivity index (χ1) is 8.90. The third-order valence-electron chi connectivity index (χ3n) is 3.56. The molecule has 0 aromatic carbocycles. The Hall–Kier alpha value is -0.870. The molecule has 0 saturated heterocycles. The summed E-state index contributed by atoms with van der Waals surface area (Å²) in [6, 6.07) is 0. The van der Waals surface area contributed by atoms with Gasteiger partial charge >= 0.3 is 0 Å². The van der Waals surface area contributed by atoms with Gasteiger partial charge in [-0.15, -0.1) is 0 Å². The number of hydrogen-bond acceptors (Lipinski definition) is 0. The van der Waals surface area contributed by atoms with Crippen LogP contribution in [0.15, 0.2) is 23.3 Å². The molecule has 110 valence electrons. The zero-order valence-electron chi connectivity index (χ0n) is 11.2. The van der Waals surface area contributed by atoms with E-state index in [1.165, 1.54) is 0 Å². The summed E-state index contributed by atoms with van der Waals surface area (Å²) >= 11 is 0. The van der Waals surface area contributed by atoms with Crippen LogP contribution in [-0.2, 0) is 0 Å². The Morgan fingerprint density at radius 1 is 0.947 bits per heavy atom. The van der Waals surface area contributed by atoms with Gasteiger partial charge in [-0.1, -0.05) is 39.5 Å². The van der Waals surface area contributed by atoms with Crippen LogP contribution in [0.4, 0.5) is 22.0 Å². The van der Waals surface area contributed by atoms with Gasteiger partial charge in [0.05, 0.1) is 5.92 Å². The molecule has 2 atom stereocenters. The molecule has 0 aliphatic heterocycles. The molecule has 0 aromatic heterocycles. The van der Waals surface area contributed by atoms with Crippen molar-refractivity contribution in [2.24, 2.45) is 5.92 Å². The molecule has 1 aliphatic rings. The summed E-state index contributed by atoms with van der Waals surface area (Å²) in [5.74, 6) is -8.75. The fourth-order valence-electron chi connectivity index (χ4n) is 2.37. The minimum absolute atomic E-state index is 0.0311. The molecule has 0 nitrogen and oxygen atoms in total. The molecule has 0 saturated carbocycles. The molecule has 0 bridgehead atoms. The van der Waals surface area contributed by atoms with Crippen LogP contribution in [-0.4, -0.2) is 5.67 Å². The summed E-state index contributed by atoms with van der Waals surface area (Å²) in [4.78, 5) is 0. The second kappa shape index (κ2) is 6.53. The Kier molecular flexibility index (Phi) is 5.56. The van der Waals surface area contributed by atoms with Crippen LogP contribution in [0.2, 0.25) is 0 Å². The minimum Gasteiger partial charge on any atom is -0.235 e. The fourth-order valence-corrected chi connectivity index (χ4v) is 2.37. The van der Waals surface area contributed by atoms with E-state index in [-0.39, 0.29) is 19.3 Å². The highest BCUT2D eigenvalue weighted by atomic mass is 19.2. The van der Waals surface area contributed by atoms with Crippen LogP contribution in [0.25, 0.3) is 0 Å². The van der Waals surface area contributed by atoms with Gasteiger partial charge in [0, 0.05) is 0 Å². The molecule has 0 radical (unpaired) electrons. The van der Waals surface area contributed by atoms with Crippen molar-refractivity contribution in [1.29, 1.82) is 0 Å². The van der Waals surface area contributed by atoms with Crippen LogP contribution >= 0.6 is 0 Å². The van der Waals surface area contributed by atoms with Crippen LogP contribution in [0.5, 0.6) is 0 Å². The molecule has 0 N–H and O–H groups in total. The Bertz CT molecular complexity index is 385. The van der Waals surface area contributed by atoms with Crippen molar-refractivity contribution >= 4 is 0 Å². The summed E-state index contributed by atoms with van der Waals surface area (Å²) in [7, 11) is 0. The van der Waals surface area contributed by atoms with E-state index in [1.807, 2.05) is 0 Å². The maximum atomic E-state index is 14.7. The van der Waals surface area contributed by atoms with Crippen LogP contribution in [0.1, 0.15) is 52.4 Å². The molecule has 2 unspecified atom stereocenters. The first-order valence-electron chi connectivity index (χ1n) is 6.70. The average Bonchev–Trinajstić information content (AvgIpc) is 2.41. The molecule has 0 heterocycles. The first-order valence-corrected chi connectivity index (χ1v) is 6.70. The third-order valence-corrected chi connectivity index (χ3v) is 3.56. The van der Waals surface area contributed by atoms with Gasteiger partial charge in [-0.05, 0) is 12.8 Å². The maximum absolute atomic E-state index is 14.7. The third kappa shape index (κ3) is 3.00. The van der Waals surface area contributed by atoms with Crippen LogP contribution in [0.3, 0.4) is 0 Å². The molecule has 1 aliphatic carbocycles. The number of unbranched alkanes of at least 4 members (excludes halogenated alkanes) is 2. The standard InChI is InChI=1S/C14H19F5/c1-3-5-7-9-10(15)11(16)12(17)13(18)14(9,19)8-6-4-2/h9H,3-8H2,1-2H3. The zero-order valence-corrected chi connectivity index (χ0v) is 11.2. The van der Waals surface area contributed by atoms with E-state index < -0.39 is 34.9 Å². The van der Waals surface area contributed by atoms with Crippen molar-refractivity contribution in [3.63, 3.8) is 0 Å². The number of alkyl halides is 1. The van der Waals surface area contributed by atoms with Gasteiger partial charge in [-0.2, -0.15) is 0 Å². The van der Waals surface area contributed by atoms with Crippen molar-refractivity contribution in [2.45, 2.75) is 58.0 Å². The topological polar surface area (TPSA) is 0 Å². The lowest BCUT2D eigenvalue weighted by atomic mass is 9.76. The summed E-state index contributed by atoms with van der Waals surface area (Å²) in [5.41, 5.74) is -2.76. The molecule has 19 heavy (non-hydrogen) atoms. The Morgan fingerprint density at radius 2 is 1.53 bits per heavy atom. The molecule has 0 spiro atoms. The lowest BCUT2D eigenvalue weighted by Crippen LogP contribution is -2.38. The van der Waals surface area contributed by atoms with E-state index in [0.29, 0.717) is 19.3 Å². The fraction of sp³-hybridized carbons (Fsp3) is 0.714. The van der Waals surface area contributed by atoms with E-state index in [1.54, 1.807) is 13.8 Å². The molecule has 1 rings (SSSR count). The van der Waals surface area contributed by atoms with Gasteiger partial charge in [0.1, 0.15) is 5.83 Å². The van der Waals surface area contributed by atoms with E-state index in [9.17, 15) is 22.0 Å². The highest BCUT2D eigenvalue weighted by Crippen LogP contribution is 2.50. The van der Waals surface area contributed by atoms with Crippen molar-refractivity contribution in [3.05, 3.63) is 23.3 Å². The summed E-state index contributed by atoms with van der Waals surface area (Å²) in [6.45, 7) is 3.57. The quantitative estimate of drug-likeness (QED) is 0.524. The minimum atomic E-state index is -2.76. The smallest absolute Gasteiger partial charge is 0.196 e. The molecule has 0 aromatic rings. The van der Waals surface area contributed by atoms with Crippen molar-refractivity contribution in [2.75, 3.05) is 0 Å². The predicted octanol–water partition coefficient (Wildman–Crippen LogP) is 6.01. The Balaban J connectivity index is 3.14. The SMILES string of the molecule is CCCCC1C(F)=C(F)C(F)=C(F)C1(F)CCCC. The summed E-state index contributed by atoms with van der Waals surface area (Å²) in [5, 5.41) is 0. The van der Waals surface area contributed by atoms with Gasteiger partial charge in [0.15, 0.2) is 23.1 Å². The lowest BCUT2D eigenvalue weighted by molar-refractivity contribution is 0.0668. The van der Waals surface area contributed by atoms with E-state index in [2.05, 4.69) is 0 Å². The van der Waals surface area contributed by atoms with Gasteiger partial charge < -0.3 is 0 Å². The van der Waals surface area contributed by atoms with E-state index in [0.717, 1.165) is 0 Å². The van der Waals surface area contributed by atoms with Gasteiger partial charge in [-0.25, -0.2) is 22.0 Å². The molecule has 5 heteroatoms. The van der Waals surface area contributed by atoms with Crippen LogP contribution < -0.4 is 0 Å². The monoisotopic (exact) mass is 282 g/mol. The van der Waals surface area contributed by atoms with Gasteiger partial charge in [0.25, 0.3) is 0 Å². The largest absolute Gasteiger partial charge is 0.235 e. The highest BCUT2D eigenvalue weighted by Gasteiger charge is 2.51. The molecular weight excluding hydrogens is 263 g/mol. The summed E-state index contributed by atoms with van der Waals surface area (Å²) in [6.07, 6.45) is 1.55. The average molecular weight is 282 g/mol. The number of allylic oxidation sites excluding steroid dienone is 4. The van der Waals surface area contributed by atoms with Crippen LogP contribution in [0, 0.1) is 5.92 Å². The van der Waals surface area contributed by atoms with Gasteiger partial charge in [0.2, 0.25) is 0 Å². The van der Waals surface area contributed by atoms with Crippen molar-refractivity contribution in [3.8, 4) is 0 Å². The first kappa shape index (κ1) is 16.2. The normalized spacial score (nSPS) is 28.3. The van der Waals surface area contributed by atoms with E-state index in [4.69, 9.17) is 0 Å². The number of hydrogen-bond donors (Lipinski definition) is 0. The zero-order chi connectivity index (χ0) is 14.6. The molecule has 0 amide bonds. The predicted molar refractivity (Wildman–Crippen MR) is 64.9 cm³/mol. The summed E-state index contributed by atoms with van der Waals surface area (Å²) < 4.78 is 68.6. The Labute approximate surface area is 110 Å². The highest BCUT2D eigenvalue weighted by molar-refractivity contribution is 5.37. The number of rotatable bonds is 6. The second-order valence-corrected chi connectivity index (χ2v) is 4.95.